The highest BCUT2D eigenvalue weighted by Gasteiger charge is 2.24. The molecule has 3 rings (SSSR count). The quantitative estimate of drug-likeness (QED) is 0.816. The van der Waals surface area contributed by atoms with Crippen molar-refractivity contribution in [2.24, 2.45) is 0 Å². The second-order valence-electron chi connectivity index (χ2n) is 5.93. The summed E-state index contributed by atoms with van der Waals surface area (Å²) in [7, 11) is 0. The first kappa shape index (κ1) is 14.9. The number of urea groups is 1. The van der Waals surface area contributed by atoms with Crippen molar-refractivity contribution >= 4 is 17.0 Å². The van der Waals surface area contributed by atoms with Crippen LogP contribution in [0.2, 0.25) is 0 Å². The van der Waals surface area contributed by atoms with Gasteiger partial charge in [-0.25, -0.2) is 4.79 Å². The first-order chi connectivity index (χ1) is 10.6. The number of amides is 2. The van der Waals surface area contributed by atoms with Gasteiger partial charge in [0, 0.05) is 10.9 Å². The van der Waals surface area contributed by atoms with Crippen molar-refractivity contribution in [3.8, 4) is 0 Å². The van der Waals surface area contributed by atoms with Gasteiger partial charge in [-0.3, -0.25) is 0 Å². The fourth-order valence-corrected chi connectivity index (χ4v) is 3.05. The minimum Gasteiger partial charge on any atom is -0.459 e. The van der Waals surface area contributed by atoms with Gasteiger partial charge >= 0.3 is 6.03 Å². The average molecular weight is 302 g/mol. The maximum Gasteiger partial charge on any atom is 0.315 e. The number of hydrogen-bond acceptors (Lipinski definition) is 3. The Balaban J connectivity index is 1.59. The van der Waals surface area contributed by atoms with E-state index in [-0.39, 0.29) is 12.1 Å². The molecule has 3 N–H and O–H groups in total. The lowest BCUT2D eigenvalue weighted by Crippen LogP contribution is -2.48. The van der Waals surface area contributed by atoms with Gasteiger partial charge in [-0.2, -0.15) is 0 Å². The van der Waals surface area contributed by atoms with Crippen molar-refractivity contribution < 1.29 is 14.3 Å². The predicted molar refractivity (Wildman–Crippen MR) is 84.6 cm³/mol. The minimum absolute atomic E-state index is 0.148. The number of aliphatic hydroxyl groups is 1. The molecule has 5 nitrogen and oxygen atoms in total. The Morgan fingerprint density at radius 3 is 2.86 bits per heavy atom. The summed E-state index contributed by atoms with van der Waals surface area (Å²) in [4.78, 5) is 12.0. The van der Waals surface area contributed by atoms with Crippen molar-refractivity contribution in [1.82, 2.24) is 10.6 Å². The van der Waals surface area contributed by atoms with Crippen LogP contribution in [-0.4, -0.2) is 23.3 Å². The lowest BCUT2D eigenvalue weighted by atomic mass is 9.93. The van der Waals surface area contributed by atoms with Crippen LogP contribution >= 0.6 is 0 Å². The molecule has 118 valence electrons. The monoisotopic (exact) mass is 302 g/mol. The van der Waals surface area contributed by atoms with Gasteiger partial charge < -0.3 is 20.2 Å². The standard InChI is InChI=1S/C17H22N2O3/c1-11-12-6-2-5-9-15(12)22-16(11)10-18-17(21)19-13-7-3-4-8-14(13)20/h2,5-6,9,13-14,20H,3-4,7-8,10H2,1H3,(H2,18,19,21). The van der Waals surface area contributed by atoms with Gasteiger partial charge in [-0.15, -0.1) is 0 Å². The number of fused-ring (bicyclic) bond motifs is 1. The predicted octanol–water partition coefficient (Wildman–Crippen LogP) is 2.84. The Morgan fingerprint density at radius 2 is 2.09 bits per heavy atom. The van der Waals surface area contributed by atoms with Gasteiger partial charge in [0.15, 0.2) is 0 Å². The molecule has 22 heavy (non-hydrogen) atoms. The molecule has 1 fully saturated rings. The van der Waals surface area contributed by atoms with E-state index in [4.69, 9.17) is 4.42 Å². The Bertz CT molecular complexity index is 665. The first-order valence-electron chi connectivity index (χ1n) is 7.84. The van der Waals surface area contributed by atoms with Gasteiger partial charge in [-0.05, 0) is 25.8 Å². The molecule has 2 amide bonds. The number of carbonyl (C=O) groups excluding carboxylic acids is 1. The third kappa shape index (κ3) is 3.09. The zero-order chi connectivity index (χ0) is 15.5. The van der Waals surface area contributed by atoms with E-state index in [1.54, 1.807) is 0 Å². The first-order valence-corrected chi connectivity index (χ1v) is 7.84. The summed E-state index contributed by atoms with van der Waals surface area (Å²) >= 11 is 0. The van der Waals surface area contributed by atoms with Crippen LogP contribution in [0.1, 0.15) is 37.0 Å². The smallest absolute Gasteiger partial charge is 0.315 e. The number of benzene rings is 1. The molecule has 1 aromatic heterocycles. The lowest BCUT2D eigenvalue weighted by molar-refractivity contribution is 0.0942. The summed E-state index contributed by atoms with van der Waals surface area (Å²) in [6, 6.07) is 7.43. The van der Waals surface area contributed by atoms with Crippen LogP contribution in [0.3, 0.4) is 0 Å². The lowest BCUT2D eigenvalue weighted by Gasteiger charge is -2.28. The van der Waals surface area contributed by atoms with Gasteiger partial charge in [-0.1, -0.05) is 31.0 Å². The van der Waals surface area contributed by atoms with Crippen LogP contribution in [-0.2, 0) is 6.54 Å². The van der Waals surface area contributed by atoms with E-state index in [0.717, 1.165) is 48.0 Å². The minimum atomic E-state index is -0.438. The molecule has 2 aromatic rings. The van der Waals surface area contributed by atoms with E-state index in [2.05, 4.69) is 10.6 Å². The molecule has 5 heteroatoms. The molecule has 1 saturated carbocycles. The molecular weight excluding hydrogens is 280 g/mol. The molecule has 2 unspecified atom stereocenters. The fourth-order valence-electron chi connectivity index (χ4n) is 3.05. The van der Waals surface area contributed by atoms with Crippen molar-refractivity contribution in [2.45, 2.75) is 51.3 Å². The molecule has 1 aromatic carbocycles. The number of furan rings is 1. The Morgan fingerprint density at radius 1 is 1.32 bits per heavy atom. The van der Waals surface area contributed by atoms with Crippen LogP contribution < -0.4 is 10.6 Å². The number of rotatable bonds is 3. The molecule has 0 aliphatic heterocycles. The molecule has 1 heterocycles. The van der Waals surface area contributed by atoms with E-state index in [0.29, 0.717) is 6.54 Å². The second-order valence-corrected chi connectivity index (χ2v) is 5.93. The summed E-state index contributed by atoms with van der Waals surface area (Å²) in [5, 5.41) is 16.6. The summed E-state index contributed by atoms with van der Waals surface area (Å²) in [6.45, 7) is 2.33. The summed E-state index contributed by atoms with van der Waals surface area (Å²) in [5.41, 5.74) is 1.88. The molecule has 0 bridgehead atoms. The Hall–Kier alpha value is -2.01. The van der Waals surface area contributed by atoms with Gasteiger partial charge in [0.1, 0.15) is 11.3 Å². The molecule has 2 atom stereocenters. The van der Waals surface area contributed by atoms with E-state index in [1.807, 2.05) is 31.2 Å². The zero-order valence-corrected chi connectivity index (χ0v) is 12.8. The molecule has 0 spiro atoms. The normalized spacial score (nSPS) is 21.7. The molecule has 1 aliphatic carbocycles. The SMILES string of the molecule is Cc1c(CNC(=O)NC2CCCCC2O)oc2ccccc12. The van der Waals surface area contributed by atoms with Crippen molar-refractivity contribution in [3.05, 3.63) is 35.6 Å². The zero-order valence-electron chi connectivity index (χ0n) is 12.8. The van der Waals surface area contributed by atoms with E-state index < -0.39 is 6.10 Å². The van der Waals surface area contributed by atoms with E-state index in [1.165, 1.54) is 0 Å². The fraction of sp³-hybridized carbons (Fsp3) is 0.471. The van der Waals surface area contributed by atoms with Crippen molar-refractivity contribution in [2.75, 3.05) is 0 Å². The van der Waals surface area contributed by atoms with Gasteiger partial charge in [0.25, 0.3) is 0 Å². The van der Waals surface area contributed by atoms with Crippen LogP contribution in [0.15, 0.2) is 28.7 Å². The number of aliphatic hydroxyl groups excluding tert-OH is 1. The highest BCUT2D eigenvalue weighted by molar-refractivity contribution is 5.82. The number of para-hydroxylation sites is 1. The van der Waals surface area contributed by atoms with Crippen LogP contribution in [0.25, 0.3) is 11.0 Å². The maximum atomic E-state index is 12.0. The highest BCUT2D eigenvalue weighted by atomic mass is 16.3. The van der Waals surface area contributed by atoms with Crippen molar-refractivity contribution in [1.29, 1.82) is 0 Å². The highest BCUT2D eigenvalue weighted by Crippen LogP contribution is 2.24. The molecule has 1 aliphatic rings. The summed E-state index contributed by atoms with van der Waals surface area (Å²) in [6.07, 6.45) is 3.22. The summed E-state index contributed by atoms with van der Waals surface area (Å²) < 4.78 is 5.77. The molecule has 0 saturated heterocycles. The van der Waals surface area contributed by atoms with E-state index >= 15 is 0 Å². The van der Waals surface area contributed by atoms with Crippen LogP contribution in [0, 0.1) is 6.92 Å². The third-order valence-corrected chi connectivity index (χ3v) is 4.40. The number of nitrogens with one attached hydrogen (secondary N) is 2. The van der Waals surface area contributed by atoms with Crippen molar-refractivity contribution in [3.63, 3.8) is 0 Å². The summed E-state index contributed by atoms with van der Waals surface area (Å²) in [5.74, 6) is 0.764. The Kier molecular flexibility index (Phi) is 4.34. The molecular formula is C17H22N2O3. The average Bonchev–Trinajstić information content (AvgIpc) is 2.84. The number of carbonyl (C=O) groups is 1. The number of hydrogen-bond donors (Lipinski definition) is 3. The van der Waals surface area contributed by atoms with Gasteiger partial charge in [0.05, 0.1) is 18.7 Å². The largest absolute Gasteiger partial charge is 0.459 e. The van der Waals surface area contributed by atoms with Crippen LogP contribution in [0.5, 0.6) is 0 Å². The third-order valence-electron chi connectivity index (χ3n) is 4.40. The maximum absolute atomic E-state index is 12.0. The topological polar surface area (TPSA) is 74.5 Å². The van der Waals surface area contributed by atoms with Gasteiger partial charge in [0.2, 0.25) is 0 Å². The van der Waals surface area contributed by atoms with E-state index in [9.17, 15) is 9.90 Å². The van der Waals surface area contributed by atoms with Crippen LogP contribution in [0.4, 0.5) is 4.79 Å². The second kappa shape index (κ2) is 6.40. The Labute approximate surface area is 129 Å². The number of aryl methyl sites for hydroxylation is 1. The molecule has 0 radical (unpaired) electrons.